The Labute approximate surface area is 149 Å². The summed E-state index contributed by atoms with van der Waals surface area (Å²) in [5, 5.41) is 14.9. The second-order valence-electron chi connectivity index (χ2n) is 4.71. The summed E-state index contributed by atoms with van der Waals surface area (Å²) in [5.41, 5.74) is 0.654. The molecule has 2 rings (SSSR count). The number of carbonyl (C=O) groups excluding carboxylic acids is 1. The van der Waals surface area contributed by atoms with Crippen LogP contribution in [0.2, 0.25) is 0 Å². The van der Waals surface area contributed by atoms with Crippen LogP contribution in [0.15, 0.2) is 22.5 Å². The number of anilines is 2. The highest BCUT2D eigenvalue weighted by molar-refractivity contribution is 8.01. The summed E-state index contributed by atoms with van der Waals surface area (Å²) < 4.78 is 11.1. The minimum Gasteiger partial charge on any atom is -0.493 e. The lowest BCUT2D eigenvalue weighted by Crippen LogP contribution is -2.14. The molecule has 0 unspecified atom stereocenters. The highest BCUT2D eigenvalue weighted by Crippen LogP contribution is 2.30. The highest BCUT2D eigenvalue weighted by atomic mass is 32.2. The predicted molar refractivity (Wildman–Crippen MR) is 97.6 cm³/mol. The zero-order valence-electron chi connectivity index (χ0n) is 13.8. The molecule has 0 aliphatic heterocycles. The van der Waals surface area contributed by atoms with Crippen molar-refractivity contribution in [2.45, 2.75) is 17.7 Å². The molecule has 9 heteroatoms. The number of nitrogens with zero attached hydrogens (tertiary/aromatic N) is 2. The van der Waals surface area contributed by atoms with Crippen LogP contribution in [-0.2, 0) is 4.79 Å². The Morgan fingerprint density at radius 2 is 2.04 bits per heavy atom. The minimum absolute atomic E-state index is 0.120. The molecule has 0 aliphatic carbocycles. The van der Waals surface area contributed by atoms with E-state index in [-0.39, 0.29) is 11.7 Å². The number of thioether (sulfide) groups is 1. The average molecular weight is 368 g/mol. The van der Waals surface area contributed by atoms with Crippen molar-refractivity contribution in [1.82, 2.24) is 10.2 Å². The van der Waals surface area contributed by atoms with Gasteiger partial charge in [0.2, 0.25) is 11.0 Å². The molecule has 2 N–H and O–H groups in total. The maximum absolute atomic E-state index is 12.1. The van der Waals surface area contributed by atoms with Gasteiger partial charge in [-0.05, 0) is 18.6 Å². The van der Waals surface area contributed by atoms with E-state index in [0.717, 1.165) is 22.4 Å². The van der Waals surface area contributed by atoms with E-state index in [1.54, 1.807) is 32.4 Å². The Morgan fingerprint density at radius 1 is 1.25 bits per heavy atom. The third-order valence-electron chi connectivity index (χ3n) is 2.93. The van der Waals surface area contributed by atoms with E-state index < -0.39 is 0 Å². The second-order valence-corrected chi connectivity index (χ2v) is 6.91. The van der Waals surface area contributed by atoms with Gasteiger partial charge in [0.1, 0.15) is 0 Å². The summed E-state index contributed by atoms with van der Waals surface area (Å²) in [7, 11) is 3.12. The quantitative estimate of drug-likeness (QED) is 0.658. The van der Waals surface area contributed by atoms with Gasteiger partial charge in [-0.3, -0.25) is 4.79 Å². The summed E-state index contributed by atoms with van der Waals surface area (Å²) in [5.74, 6) is 1.33. The molecule has 0 aliphatic rings. The molecule has 1 amide bonds. The maximum Gasteiger partial charge on any atom is 0.234 e. The fraction of sp³-hybridized carbons (Fsp3) is 0.400. The zero-order chi connectivity index (χ0) is 17.4. The number of hydrogen-bond donors (Lipinski definition) is 2. The van der Waals surface area contributed by atoms with Gasteiger partial charge in [0.05, 0.1) is 20.0 Å². The lowest BCUT2D eigenvalue weighted by Gasteiger charge is -2.10. The summed E-state index contributed by atoms with van der Waals surface area (Å²) in [6.45, 7) is 2.95. The highest BCUT2D eigenvalue weighted by Gasteiger charge is 2.10. The van der Waals surface area contributed by atoms with Crippen molar-refractivity contribution in [2.24, 2.45) is 0 Å². The monoisotopic (exact) mass is 368 g/mol. The maximum atomic E-state index is 12.1. The van der Waals surface area contributed by atoms with Gasteiger partial charge in [-0.2, -0.15) is 0 Å². The predicted octanol–water partition coefficient (Wildman–Crippen LogP) is 3.11. The molecule has 0 bridgehead atoms. The van der Waals surface area contributed by atoms with Crippen molar-refractivity contribution >= 4 is 39.8 Å². The smallest absolute Gasteiger partial charge is 0.234 e. The van der Waals surface area contributed by atoms with E-state index in [1.165, 1.54) is 23.1 Å². The number of rotatable bonds is 9. The summed E-state index contributed by atoms with van der Waals surface area (Å²) in [6.07, 6.45) is 1.02. The van der Waals surface area contributed by atoms with E-state index in [4.69, 9.17) is 9.47 Å². The van der Waals surface area contributed by atoms with Gasteiger partial charge in [0.15, 0.2) is 15.8 Å². The topological polar surface area (TPSA) is 85.4 Å². The molecule has 0 spiro atoms. The lowest BCUT2D eigenvalue weighted by molar-refractivity contribution is -0.113. The van der Waals surface area contributed by atoms with Crippen molar-refractivity contribution in [3.05, 3.63) is 18.2 Å². The Kier molecular flexibility index (Phi) is 7.13. The third-order valence-corrected chi connectivity index (χ3v) is 4.94. The standard InChI is InChI=1S/C15H20N4O3S2/c1-4-7-16-14-18-19-15(24-14)23-9-13(20)17-10-5-6-11(21-2)12(8-10)22-3/h5-6,8H,4,7,9H2,1-3H3,(H,16,18)(H,17,20). The molecule has 130 valence electrons. The molecule has 1 aromatic carbocycles. The van der Waals surface area contributed by atoms with Crippen LogP contribution in [0.1, 0.15) is 13.3 Å². The average Bonchev–Trinajstić information content (AvgIpc) is 3.06. The minimum atomic E-state index is -0.120. The Bertz CT molecular complexity index is 678. The third kappa shape index (κ3) is 5.27. The van der Waals surface area contributed by atoms with E-state index in [1.807, 2.05) is 0 Å². The van der Waals surface area contributed by atoms with E-state index in [0.29, 0.717) is 17.2 Å². The van der Waals surface area contributed by atoms with Crippen LogP contribution >= 0.6 is 23.1 Å². The number of carbonyl (C=O) groups is 1. The van der Waals surface area contributed by atoms with Crippen LogP contribution in [-0.4, -0.2) is 42.6 Å². The lowest BCUT2D eigenvalue weighted by atomic mass is 10.2. The Hall–Kier alpha value is -2.00. The van der Waals surface area contributed by atoms with Crippen LogP contribution in [0, 0.1) is 0 Å². The molecule has 7 nitrogen and oxygen atoms in total. The van der Waals surface area contributed by atoms with Crippen LogP contribution in [0.25, 0.3) is 0 Å². The number of benzene rings is 1. The van der Waals surface area contributed by atoms with Crippen LogP contribution in [0.5, 0.6) is 11.5 Å². The molecule has 2 aromatic rings. The number of ether oxygens (including phenoxy) is 2. The fourth-order valence-electron chi connectivity index (χ4n) is 1.81. The van der Waals surface area contributed by atoms with Crippen molar-refractivity contribution in [1.29, 1.82) is 0 Å². The van der Waals surface area contributed by atoms with Gasteiger partial charge < -0.3 is 20.1 Å². The number of methoxy groups -OCH3 is 2. The van der Waals surface area contributed by atoms with E-state index in [9.17, 15) is 4.79 Å². The zero-order valence-corrected chi connectivity index (χ0v) is 15.4. The van der Waals surface area contributed by atoms with Crippen molar-refractivity contribution in [3.63, 3.8) is 0 Å². The number of nitrogens with one attached hydrogen (secondary N) is 2. The molecule has 24 heavy (non-hydrogen) atoms. The number of amides is 1. The molecule has 1 heterocycles. The normalized spacial score (nSPS) is 10.3. The fourth-order valence-corrected chi connectivity index (χ4v) is 3.39. The summed E-state index contributed by atoms with van der Waals surface area (Å²) in [6, 6.07) is 5.23. The Morgan fingerprint density at radius 3 is 2.75 bits per heavy atom. The first-order chi connectivity index (χ1) is 11.7. The number of hydrogen-bond acceptors (Lipinski definition) is 8. The van der Waals surface area contributed by atoms with Gasteiger partial charge in [-0.1, -0.05) is 30.0 Å². The van der Waals surface area contributed by atoms with Gasteiger partial charge >= 0.3 is 0 Å². The van der Waals surface area contributed by atoms with Crippen LogP contribution in [0.3, 0.4) is 0 Å². The van der Waals surface area contributed by atoms with Gasteiger partial charge in [-0.15, -0.1) is 10.2 Å². The summed E-state index contributed by atoms with van der Waals surface area (Å²) in [4.78, 5) is 12.1. The van der Waals surface area contributed by atoms with E-state index >= 15 is 0 Å². The van der Waals surface area contributed by atoms with Gasteiger partial charge in [0, 0.05) is 18.3 Å². The van der Waals surface area contributed by atoms with Gasteiger partial charge in [-0.25, -0.2) is 0 Å². The first-order valence-electron chi connectivity index (χ1n) is 7.38. The first kappa shape index (κ1) is 18.3. The molecular weight excluding hydrogens is 348 g/mol. The largest absolute Gasteiger partial charge is 0.493 e. The number of aromatic nitrogens is 2. The SMILES string of the molecule is CCCNc1nnc(SCC(=O)Nc2ccc(OC)c(OC)c2)s1. The van der Waals surface area contributed by atoms with Crippen molar-refractivity contribution in [2.75, 3.05) is 37.2 Å². The van der Waals surface area contributed by atoms with Crippen molar-refractivity contribution < 1.29 is 14.3 Å². The molecule has 0 saturated carbocycles. The molecule has 0 fully saturated rings. The summed E-state index contributed by atoms with van der Waals surface area (Å²) >= 11 is 2.80. The van der Waals surface area contributed by atoms with Crippen LogP contribution < -0.4 is 20.1 Å². The molecule has 0 radical (unpaired) electrons. The molecule has 0 atom stereocenters. The Balaban J connectivity index is 1.86. The van der Waals surface area contributed by atoms with Crippen LogP contribution in [0.4, 0.5) is 10.8 Å². The second kappa shape index (κ2) is 9.33. The van der Waals surface area contributed by atoms with Gasteiger partial charge in [0.25, 0.3) is 0 Å². The van der Waals surface area contributed by atoms with Crippen molar-refractivity contribution in [3.8, 4) is 11.5 Å². The molecule has 0 saturated heterocycles. The first-order valence-corrected chi connectivity index (χ1v) is 9.18. The van der Waals surface area contributed by atoms with E-state index in [2.05, 4.69) is 27.8 Å². The molecular formula is C15H20N4O3S2. The molecule has 1 aromatic heterocycles.